The standard InChI is InChI=1S/C26H35F2NO6S/c1-4-6-7-8-9-15-29(17-20-13-14-22(27)16-23(20)28)25(30)18-34-24-12-10-11-21(26(24)33-3)19-36(31,32)35-5-2/h10-14,16H,4-9,15,17-19H2,1-3H3. The van der Waals surface area contributed by atoms with Crippen molar-refractivity contribution in [3.05, 3.63) is 59.2 Å². The first-order valence-electron chi connectivity index (χ1n) is 12.1. The Morgan fingerprint density at radius 2 is 1.75 bits per heavy atom. The molecular formula is C26H35F2NO6S. The highest BCUT2D eigenvalue weighted by molar-refractivity contribution is 7.85. The van der Waals surface area contributed by atoms with Gasteiger partial charge in [-0.15, -0.1) is 0 Å². The highest BCUT2D eigenvalue weighted by Crippen LogP contribution is 2.32. The Labute approximate surface area is 212 Å². The van der Waals surface area contributed by atoms with Crippen LogP contribution < -0.4 is 9.47 Å². The number of halogens is 2. The molecule has 0 aliphatic heterocycles. The molecule has 0 saturated carbocycles. The van der Waals surface area contributed by atoms with E-state index in [1.807, 2.05) is 0 Å². The molecule has 0 spiro atoms. The average Bonchev–Trinajstić information content (AvgIpc) is 2.82. The van der Waals surface area contributed by atoms with Crippen LogP contribution in [0.5, 0.6) is 11.5 Å². The molecule has 0 atom stereocenters. The molecule has 2 aromatic carbocycles. The molecule has 1 amide bonds. The largest absolute Gasteiger partial charge is 0.493 e. The maximum atomic E-state index is 14.3. The first-order chi connectivity index (χ1) is 17.2. The first-order valence-corrected chi connectivity index (χ1v) is 13.7. The maximum Gasteiger partial charge on any atom is 0.271 e. The maximum absolute atomic E-state index is 14.3. The minimum absolute atomic E-state index is 0.0122. The lowest BCUT2D eigenvalue weighted by Gasteiger charge is -2.24. The molecule has 0 heterocycles. The summed E-state index contributed by atoms with van der Waals surface area (Å²) in [4.78, 5) is 14.5. The van der Waals surface area contributed by atoms with Crippen molar-refractivity contribution in [3.8, 4) is 11.5 Å². The van der Waals surface area contributed by atoms with E-state index >= 15 is 0 Å². The summed E-state index contributed by atoms with van der Waals surface area (Å²) >= 11 is 0. The molecule has 10 heteroatoms. The number of methoxy groups -OCH3 is 1. The van der Waals surface area contributed by atoms with E-state index < -0.39 is 27.5 Å². The van der Waals surface area contributed by atoms with Crippen molar-refractivity contribution < 1.29 is 35.6 Å². The van der Waals surface area contributed by atoms with Gasteiger partial charge in [-0.2, -0.15) is 8.42 Å². The zero-order chi connectivity index (χ0) is 26.6. The second-order valence-electron chi connectivity index (χ2n) is 8.31. The summed E-state index contributed by atoms with van der Waals surface area (Å²) in [6.45, 7) is 3.71. The molecular weight excluding hydrogens is 492 g/mol. The van der Waals surface area contributed by atoms with Crippen LogP contribution in [0.1, 0.15) is 57.1 Å². The number of carbonyl (C=O) groups excluding carboxylic acids is 1. The van der Waals surface area contributed by atoms with Crippen LogP contribution in [0, 0.1) is 11.6 Å². The molecule has 0 aliphatic rings. The number of hydrogen-bond acceptors (Lipinski definition) is 6. The van der Waals surface area contributed by atoms with Crippen LogP contribution in [-0.2, 0) is 31.4 Å². The second-order valence-corrected chi connectivity index (χ2v) is 9.95. The fourth-order valence-corrected chi connectivity index (χ4v) is 4.77. The summed E-state index contributed by atoms with van der Waals surface area (Å²) in [6, 6.07) is 8.02. The van der Waals surface area contributed by atoms with Gasteiger partial charge >= 0.3 is 0 Å². The third-order valence-electron chi connectivity index (χ3n) is 5.51. The smallest absolute Gasteiger partial charge is 0.271 e. The SMILES string of the molecule is CCCCCCCN(Cc1ccc(F)cc1F)C(=O)COc1cccc(CS(=O)(=O)OCC)c1OC. The van der Waals surface area contributed by atoms with Crippen molar-refractivity contribution in [2.75, 3.05) is 26.9 Å². The average molecular weight is 528 g/mol. The monoisotopic (exact) mass is 527 g/mol. The molecule has 2 rings (SSSR count). The lowest BCUT2D eigenvalue weighted by Crippen LogP contribution is -2.35. The van der Waals surface area contributed by atoms with E-state index in [-0.39, 0.29) is 42.7 Å². The number of unbranched alkanes of at least 4 members (excludes halogenated alkanes) is 4. The predicted molar refractivity (Wildman–Crippen MR) is 133 cm³/mol. The van der Waals surface area contributed by atoms with Gasteiger partial charge in [0.15, 0.2) is 18.1 Å². The lowest BCUT2D eigenvalue weighted by molar-refractivity contribution is -0.134. The summed E-state index contributed by atoms with van der Waals surface area (Å²) in [6.07, 6.45) is 4.88. The Balaban J connectivity index is 2.14. The minimum Gasteiger partial charge on any atom is -0.493 e. The zero-order valence-corrected chi connectivity index (χ0v) is 21.9. The number of benzene rings is 2. The summed E-state index contributed by atoms with van der Waals surface area (Å²) < 4.78 is 67.6. The van der Waals surface area contributed by atoms with Gasteiger partial charge in [0.1, 0.15) is 17.4 Å². The fourth-order valence-electron chi connectivity index (χ4n) is 3.72. The van der Waals surface area contributed by atoms with Crippen molar-refractivity contribution in [1.82, 2.24) is 4.90 Å². The van der Waals surface area contributed by atoms with Gasteiger partial charge in [0, 0.05) is 30.3 Å². The van der Waals surface area contributed by atoms with E-state index in [9.17, 15) is 22.0 Å². The predicted octanol–water partition coefficient (Wildman–Crippen LogP) is 5.22. The number of amides is 1. The number of rotatable bonds is 16. The van der Waals surface area contributed by atoms with E-state index in [0.29, 0.717) is 12.1 Å². The van der Waals surface area contributed by atoms with Gasteiger partial charge in [0.2, 0.25) is 0 Å². The van der Waals surface area contributed by atoms with Crippen molar-refractivity contribution in [3.63, 3.8) is 0 Å². The zero-order valence-electron chi connectivity index (χ0n) is 21.1. The van der Waals surface area contributed by atoms with E-state index in [2.05, 4.69) is 6.92 Å². The molecule has 7 nitrogen and oxygen atoms in total. The molecule has 2 aromatic rings. The van der Waals surface area contributed by atoms with E-state index in [4.69, 9.17) is 13.7 Å². The highest BCUT2D eigenvalue weighted by Gasteiger charge is 2.21. The second kappa shape index (κ2) is 14.7. The number of nitrogens with zero attached hydrogens (tertiary/aromatic N) is 1. The fraction of sp³-hybridized carbons (Fsp3) is 0.500. The molecule has 0 bridgehead atoms. The van der Waals surface area contributed by atoms with Gasteiger partial charge in [0.25, 0.3) is 16.0 Å². The first kappa shape index (κ1) is 29.5. The molecule has 0 fully saturated rings. The number of carbonyl (C=O) groups is 1. The minimum atomic E-state index is -3.81. The van der Waals surface area contributed by atoms with Crippen LogP contribution in [0.4, 0.5) is 8.78 Å². The van der Waals surface area contributed by atoms with Crippen LogP contribution >= 0.6 is 0 Å². The molecule has 0 radical (unpaired) electrons. The molecule has 0 aliphatic carbocycles. The van der Waals surface area contributed by atoms with Gasteiger partial charge in [-0.1, -0.05) is 50.8 Å². The van der Waals surface area contributed by atoms with E-state index in [1.165, 1.54) is 18.1 Å². The third-order valence-corrected chi connectivity index (χ3v) is 6.77. The van der Waals surface area contributed by atoms with Crippen LogP contribution in [0.25, 0.3) is 0 Å². The van der Waals surface area contributed by atoms with Crippen molar-refractivity contribution in [2.45, 2.75) is 58.2 Å². The van der Waals surface area contributed by atoms with Gasteiger partial charge in [0.05, 0.1) is 13.7 Å². The van der Waals surface area contributed by atoms with Crippen molar-refractivity contribution in [2.24, 2.45) is 0 Å². The van der Waals surface area contributed by atoms with Crippen molar-refractivity contribution >= 4 is 16.0 Å². The molecule has 200 valence electrons. The molecule has 36 heavy (non-hydrogen) atoms. The lowest BCUT2D eigenvalue weighted by atomic mass is 10.1. The summed E-state index contributed by atoms with van der Waals surface area (Å²) in [7, 11) is -2.43. The molecule has 0 N–H and O–H groups in total. The van der Waals surface area contributed by atoms with Crippen LogP contribution in [0.2, 0.25) is 0 Å². The Kier molecular flexibility index (Phi) is 12.1. The number of para-hydroxylation sites is 1. The summed E-state index contributed by atoms with van der Waals surface area (Å²) in [5.41, 5.74) is 0.538. The third kappa shape index (κ3) is 9.39. The summed E-state index contributed by atoms with van der Waals surface area (Å²) in [5.74, 6) is -1.82. The van der Waals surface area contributed by atoms with Gasteiger partial charge in [-0.25, -0.2) is 8.78 Å². The van der Waals surface area contributed by atoms with Gasteiger partial charge in [-0.3, -0.25) is 8.98 Å². The Hall–Kier alpha value is -2.72. The highest BCUT2D eigenvalue weighted by atomic mass is 32.2. The van der Waals surface area contributed by atoms with Crippen LogP contribution in [0.15, 0.2) is 36.4 Å². The quantitative estimate of drug-likeness (QED) is 0.220. The number of ether oxygens (including phenoxy) is 2. The molecule has 0 aromatic heterocycles. The molecule has 0 saturated heterocycles. The van der Waals surface area contributed by atoms with E-state index in [1.54, 1.807) is 25.1 Å². The van der Waals surface area contributed by atoms with Crippen molar-refractivity contribution in [1.29, 1.82) is 0 Å². The topological polar surface area (TPSA) is 82.1 Å². The van der Waals surface area contributed by atoms with Gasteiger partial charge in [-0.05, 0) is 25.5 Å². The Morgan fingerprint density at radius 1 is 1.00 bits per heavy atom. The van der Waals surface area contributed by atoms with Crippen LogP contribution in [0.3, 0.4) is 0 Å². The Morgan fingerprint density at radius 3 is 2.42 bits per heavy atom. The number of hydrogen-bond donors (Lipinski definition) is 0. The normalized spacial score (nSPS) is 11.4. The Bertz CT molecular complexity index is 1090. The van der Waals surface area contributed by atoms with E-state index in [0.717, 1.165) is 44.2 Å². The van der Waals surface area contributed by atoms with Crippen LogP contribution in [-0.4, -0.2) is 46.1 Å². The summed E-state index contributed by atoms with van der Waals surface area (Å²) in [5, 5.41) is 0. The molecule has 0 unspecified atom stereocenters. The van der Waals surface area contributed by atoms with Gasteiger partial charge < -0.3 is 14.4 Å².